The van der Waals surface area contributed by atoms with Gasteiger partial charge >= 0.3 is 5.97 Å². The first-order valence-electron chi connectivity index (χ1n) is 6.68. The van der Waals surface area contributed by atoms with Gasteiger partial charge in [0.2, 0.25) is 0 Å². The molecule has 0 aromatic heterocycles. The van der Waals surface area contributed by atoms with Gasteiger partial charge in [0.25, 0.3) is 0 Å². The lowest BCUT2D eigenvalue weighted by atomic mass is 9.89. The third-order valence-electron chi connectivity index (χ3n) is 3.40. The van der Waals surface area contributed by atoms with Gasteiger partial charge in [0.15, 0.2) is 0 Å². The normalized spacial score (nSPS) is 14.1. The van der Waals surface area contributed by atoms with Gasteiger partial charge in [-0.05, 0) is 49.3 Å². The summed E-state index contributed by atoms with van der Waals surface area (Å²) in [7, 11) is 0. The molecule has 4 heteroatoms. The number of aliphatic carboxylic acids is 1. The summed E-state index contributed by atoms with van der Waals surface area (Å²) in [4.78, 5) is 10.7. The highest BCUT2D eigenvalue weighted by Crippen LogP contribution is 2.22. The van der Waals surface area contributed by atoms with Crippen molar-refractivity contribution >= 4 is 17.6 Å². The molecule has 0 bridgehead atoms. The molecule has 0 aliphatic rings. The topological polar surface area (TPSA) is 63.3 Å². The molecular weight excluding hydrogens is 262 g/mol. The number of carboxylic acids is 1. The maximum absolute atomic E-state index is 10.7. The number of carbonyl (C=O) groups is 1. The molecule has 0 saturated carbocycles. The second-order valence-electron chi connectivity index (χ2n) is 5.17. The number of benzene rings is 1. The highest BCUT2D eigenvalue weighted by molar-refractivity contribution is 6.31. The molecule has 3 nitrogen and oxygen atoms in total. The molecule has 1 aromatic rings. The predicted octanol–water partition coefficient (Wildman–Crippen LogP) is 3.35. The fourth-order valence-electron chi connectivity index (χ4n) is 2.30. The van der Waals surface area contributed by atoms with Crippen LogP contribution >= 0.6 is 11.6 Å². The molecule has 0 fully saturated rings. The van der Waals surface area contributed by atoms with Crippen LogP contribution in [0.5, 0.6) is 0 Å². The van der Waals surface area contributed by atoms with E-state index in [1.54, 1.807) is 0 Å². The molecule has 3 N–H and O–H groups in total. The molecule has 0 spiro atoms. The summed E-state index contributed by atoms with van der Waals surface area (Å²) in [6.45, 7) is 2.57. The summed E-state index contributed by atoms with van der Waals surface area (Å²) < 4.78 is 0. The number of aryl methyl sites for hydroxylation is 1. The van der Waals surface area contributed by atoms with Crippen LogP contribution in [0.25, 0.3) is 0 Å². The fourth-order valence-corrected chi connectivity index (χ4v) is 2.53. The van der Waals surface area contributed by atoms with Gasteiger partial charge in [-0.15, -0.1) is 0 Å². The molecule has 0 aliphatic heterocycles. The van der Waals surface area contributed by atoms with Gasteiger partial charge in [-0.25, -0.2) is 0 Å². The van der Waals surface area contributed by atoms with Crippen molar-refractivity contribution in [3.8, 4) is 0 Å². The SMILES string of the molecule is CC(CCc1ccccc1Cl)C[C@H](CN)CC(=O)O. The predicted molar refractivity (Wildman–Crippen MR) is 78.4 cm³/mol. The Morgan fingerprint density at radius 2 is 2.11 bits per heavy atom. The Bertz CT molecular complexity index is 409. The van der Waals surface area contributed by atoms with E-state index in [1.165, 1.54) is 0 Å². The second-order valence-corrected chi connectivity index (χ2v) is 5.58. The average Bonchev–Trinajstić information content (AvgIpc) is 2.36. The number of halogens is 1. The lowest BCUT2D eigenvalue weighted by Gasteiger charge is -2.18. The van der Waals surface area contributed by atoms with Gasteiger partial charge in [-0.2, -0.15) is 0 Å². The monoisotopic (exact) mass is 283 g/mol. The number of hydrogen-bond acceptors (Lipinski definition) is 2. The average molecular weight is 284 g/mol. The first kappa shape index (κ1) is 16.0. The summed E-state index contributed by atoms with van der Waals surface area (Å²) in [6, 6.07) is 7.84. The summed E-state index contributed by atoms with van der Waals surface area (Å²) in [5.74, 6) is -0.253. The first-order chi connectivity index (χ1) is 9.02. The minimum absolute atomic E-state index is 0.0683. The lowest BCUT2D eigenvalue weighted by molar-refractivity contribution is -0.138. The van der Waals surface area contributed by atoms with Crippen molar-refractivity contribution in [2.24, 2.45) is 17.6 Å². The van der Waals surface area contributed by atoms with E-state index in [0.717, 1.165) is 29.8 Å². The largest absolute Gasteiger partial charge is 0.481 e. The van der Waals surface area contributed by atoms with Gasteiger partial charge in [0, 0.05) is 11.4 Å². The summed E-state index contributed by atoms with van der Waals surface area (Å²) in [5.41, 5.74) is 6.77. The Hall–Kier alpha value is -1.06. The molecule has 0 saturated heterocycles. The number of rotatable bonds is 8. The van der Waals surface area contributed by atoms with Gasteiger partial charge in [-0.1, -0.05) is 36.7 Å². The number of nitrogens with two attached hydrogens (primary N) is 1. The fraction of sp³-hybridized carbons (Fsp3) is 0.533. The Morgan fingerprint density at radius 1 is 1.42 bits per heavy atom. The van der Waals surface area contributed by atoms with Gasteiger partial charge in [-0.3, -0.25) is 4.79 Å². The number of hydrogen-bond donors (Lipinski definition) is 2. The van der Waals surface area contributed by atoms with E-state index in [9.17, 15) is 4.79 Å². The zero-order chi connectivity index (χ0) is 14.3. The van der Waals surface area contributed by atoms with Gasteiger partial charge in [0.1, 0.15) is 0 Å². The molecule has 1 aromatic carbocycles. The van der Waals surface area contributed by atoms with E-state index in [4.69, 9.17) is 22.4 Å². The van der Waals surface area contributed by atoms with E-state index in [2.05, 4.69) is 6.92 Å². The minimum Gasteiger partial charge on any atom is -0.481 e. The molecule has 106 valence electrons. The minimum atomic E-state index is -0.770. The standard InChI is InChI=1S/C15H22ClNO2/c1-11(8-12(10-17)9-15(18)19)6-7-13-4-2-3-5-14(13)16/h2-5,11-12H,6-10,17H2,1H3,(H,18,19)/t11?,12-/m0/s1. The van der Waals surface area contributed by atoms with Crippen LogP contribution in [0.4, 0.5) is 0 Å². The lowest BCUT2D eigenvalue weighted by Crippen LogP contribution is -2.20. The maximum Gasteiger partial charge on any atom is 0.303 e. The van der Waals surface area contributed by atoms with Crippen molar-refractivity contribution in [3.05, 3.63) is 34.9 Å². The Kier molecular flexibility index (Phi) is 6.89. The quantitative estimate of drug-likeness (QED) is 0.769. The Labute approximate surface area is 119 Å². The van der Waals surface area contributed by atoms with Crippen LogP contribution in [0.3, 0.4) is 0 Å². The van der Waals surface area contributed by atoms with E-state index in [-0.39, 0.29) is 12.3 Å². The Morgan fingerprint density at radius 3 is 2.68 bits per heavy atom. The van der Waals surface area contributed by atoms with Crippen LogP contribution in [0, 0.1) is 11.8 Å². The third kappa shape index (κ3) is 6.08. The molecular formula is C15H22ClNO2. The van der Waals surface area contributed by atoms with Crippen molar-refractivity contribution in [3.63, 3.8) is 0 Å². The zero-order valence-corrected chi connectivity index (χ0v) is 12.1. The molecule has 0 heterocycles. The van der Waals surface area contributed by atoms with Crippen LogP contribution < -0.4 is 5.73 Å². The van der Waals surface area contributed by atoms with Crippen LogP contribution in [-0.4, -0.2) is 17.6 Å². The van der Waals surface area contributed by atoms with Crippen LogP contribution in [-0.2, 0) is 11.2 Å². The Balaban J connectivity index is 2.40. The van der Waals surface area contributed by atoms with Crippen molar-refractivity contribution in [2.75, 3.05) is 6.54 Å². The molecule has 2 atom stereocenters. The van der Waals surface area contributed by atoms with Crippen LogP contribution in [0.2, 0.25) is 5.02 Å². The second kappa shape index (κ2) is 8.18. The van der Waals surface area contributed by atoms with Crippen molar-refractivity contribution in [1.29, 1.82) is 0 Å². The van der Waals surface area contributed by atoms with Gasteiger partial charge in [0.05, 0.1) is 0 Å². The summed E-state index contributed by atoms with van der Waals surface area (Å²) in [6.07, 6.45) is 2.94. The molecule has 1 rings (SSSR count). The van der Waals surface area contributed by atoms with Crippen LogP contribution in [0.15, 0.2) is 24.3 Å². The smallest absolute Gasteiger partial charge is 0.303 e. The van der Waals surface area contributed by atoms with Crippen molar-refractivity contribution < 1.29 is 9.90 Å². The molecule has 19 heavy (non-hydrogen) atoms. The molecule has 0 amide bonds. The van der Waals surface area contributed by atoms with Crippen molar-refractivity contribution in [1.82, 2.24) is 0 Å². The maximum atomic E-state index is 10.7. The first-order valence-corrected chi connectivity index (χ1v) is 7.06. The van der Waals surface area contributed by atoms with E-state index < -0.39 is 5.97 Å². The van der Waals surface area contributed by atoms with Crippen LogP contribution in [0.1, 0.15) is 31.7 Å². The highest BCUT2D eigenvalue weighted by atomic mass is 35.5. The van der Waals surface area contributed by atoms with Crippen molar-refractivity contribution in [2.45, 2.75) is 32.6 Å². The molecule has 0 aliphatic carbocycles. The van der Waals surface area contributed by atoms with E-state index >= 15 is 0 Å². The molecule has 0 radical (unpaired) electrons. The number of carboxylic acid groups (broad SMARTS) is 1. The molecule has 1 unspecified atom stereocenters. The summed E-state index contributed by atoms with van der Waals surface area (Å²) >= 11 is 6.11. The summed E-state index contributed by atoms with van der Waals surface area (Å²) in [5, 5.41) is 9.60. The van der Waals surface area contributed by atoms with E-state index in [1.807, 2.05) is 24.3 Å². The van der Waals surface area contributed by atoms with E-state index in [0.29, 0.717) is 12.5 Å². The highest BCUT2D eigenvalue weighted by Gasteiger charge is 2.15. The zero-order valence-electron chi connectivity index (χ0n) is 11.3. The third-order valence-corrected chi connectivity index (χ3v) is 3.77. The van der Waals surface area contributed by atoms with Gasteiger partial charge < -0.3 is 10.8 Å².